The molecule has 0 spiro atoms. The van der Waals surface area contributed by atoms with Gasteiger partial charge in [0.1, 0.15) is 63.4 Å². The Morgan fingerprint density at radius 3 is 0.890 bits per heavy atom. The molecule has 0 aliphatic heterocycles. The van der Waals surface area contributed by atoms with Gasteiger partial charge in [0.2, 0.25) is 0 Å². The van der Waals surface area contributed by atoms with E-state index in [1.165, 1.54) is 80.3 Å². The minimum Gasteiger partial charge on any atom is -0.497 e. The van der Waals surface area contributed by atoms with Crippen LogP contribution in [-0.4, -0.2) is 231 Å². The number of aliphatic hydroxyl groups excluding tert-OH is 5. The minimum atomic E-state index is -1.49. The zero-order chi connectivity index (χ0) is 108. The van der Waals surface area contributed by atoms with Crippen LogP contribution in [0, 0.1) is 34.9 Å². The number of ether oxygens (including phenoxy) is 5. The molecular weight excluding hydrogens is 1890 g/mol. The van der Waals surface area contributed by atoms with Crippen LogP contribution in [0.4, 0.5) is 35.9 Å². The Labute approximate surface area is 852 Å². The standard InChI is InChI=1S/C39H51F2N3O7.C39H49F2N3O7.C34H43F2N3O5/c2*1-8-13-43(14-9-2)37(48)30-20-28(25(3)45)19-29(21-30)36(47)42-34(18-27-15-31(40)22-32(41)16-27)35(46)24-44(38(49)51-39(4,5)6)23-26-11-10-12-33(17-26)50-7;1-5-10-39(11-6-2)34(43)27-17-25(22(3)40)16-26(18-27)33(42)38-31(15-24-12-28(35)19-29(36)13-24)32(41)21-37-20-23-8-7-9-30(14-23)44-4/h10-12,15-17,19-22,25,34-35,45-46H,8-9,13-14,18,23-24H2,1-7H3,(H,42,47);10-12,15-17,19-22,34-35,46H,8-9,13-14,18,23-24H2,1-7H3,(H,42,47);7-9,12-14,16-19,22,31-32,37,40-41H,5-6,10-11,15,20-21H2,1-4H3,(H,38,42)/t25?,34-,35+;34-,35+;22?,31-,32+/m000/s1. The fourth-order valence-corrected chi connectivity index (χ4v) is 16.1. The second-order valence-corrected chi connectivity index (χ2v) is 38.1. The van der Waals surface area contributed by atoms with Crippen LogP contribution in [0.25, 0.3) is 0 Å². The molecule has 0 heterocycles. The molecule has 792 valence electrons. The molecule has 146 heavy (non-hydrogen) atoms. The number of nitrogens with one attached hydrogen (secondary N) is 4. The van der Waals surface area contributed by atoms with E-state index in [1.54, 1.807) is 131 Å². The van der Waals surface area contributed by atoms with Crippen LogP contribution in [0.15, 0.2) is 182 Å². The Hall–Kier alpha value is -13.3. The Morgan fingerprint density at radius 2 is 0.603 bits per heavy atom. The highest BCUT2D eigenvalue weighted by Crippen LogP contribution is 2.29. The Morgan fingerprint density at radius 1 is 0.336 bits per heavy atom. The maximum atomic E-state index is 14.3. The molecule has 0 bridgehead atoms. The number of hydrogen-bond donors (Lipinski definition) is 9. The van der Waals surface area contributed by atoms with Gasteiger partial charge in [-0.2, -0.15) is 0 Å². The molecule has 0 aromatic heterocycles. The van der Waals surface area contributed by atoms with Gasteiger partial charge in [-0.25, -0.2) is 35.9 Å². The first-order valence-electron chi connectivity index (χ1n) is 49.2. The number of nitrogens with zero attached hydrogens (tertiary/aromatic N) is 5. The van der Waals surface area contributed by atoms with Gasteiger partial charge in [0.15, 0.2) is 5.78 Å². The van der Waals surface area contributed by atoms with Gasteiger partial charge in [-0.3, -0.25) is 33.6 Å². The molecule has 0 radical (unpaired) electrons. The second-order valence-electron chi connectivity index (χ2n) is 38.1. The lowest BCUT2D eigenvalue weighted by Gasteiger charge is -2.32. The molecule has 28 nitrogen and oxygen atoms in total. The van der Waals surface area contributed by atoms with Gasteiger partial charge >= 0.3 is 12.2 Å². The van der Waals surface area contributed by atoms with E-state index in [2.05, 4.69) is 21.3 Å². The summed E-state index contributed by atoms with van der Waals surface area (Å²) in [6, 6.07) is 40.0. The number of carbonyl (C=O) groups is 9. The van der Waals surface area contributed by atoms with E-state index in [0.29, 0.717) is 110 Å². The topological polar surface area (TPSA) is 365 Å². The molecule has 8 amide bonds. The number of aliphatic hydroxyl groups is 5. The fraction of sp³-hybridized carbons (Fsp3) is 0.438. The van der Waals surface area contributed by atoms with Gasteiger partial charge in [0.05, 0.1) is 83.1 Å². The van der Waals surface area contributed by atoms with E-state index < -0.39 is 125 Å². The summed E-state index contributed by atoms with van der Waals surface area (Å²) < 4.78 is 112. The van der Waals surface area contributed by atoms with Crippen LogP contribution in [0.5, 0.6) is 17.2 Å². The van der Waals surface area contributed by atoms with Crippen molar-refractivity contribution in [2.24, 2.45) is 0 Å². The molecule has 9 N–H and O–H groups in total. The molecule has 0 saturated carbocycles. The maximum absolute atomic E-state index is 14.3. The first-order chi connectivity index (χ1) is 69.1. The molecule has 8 atom stereocenters. The molecule has 0 aliphatic rings. The van der Waals surface area contributed by atoms with Gasteiger partial charge < -0.3 is 95.0 Å². The van der Waals surface area contributed by atoms with Crippen molar-refractivity contribution >= 4 is 53.4 Å². The highest BCUT2D eigenvalue weighted by atomic mass is 19.2. The van der Waals surface area contributed by atoms with E-state index in [-0.39, 0.29) is 131 Å². The molecule has 9 rings (SSSR count). The number of carbonyl (C=O) groups excluding carboxylic acids is 9. The van der Waals surface area contributed by atoms with Crippen molar-refractivity contribution in [3.63, 3.8) is 0 Å². The number of rotatable bonds is 48. The summed E-state index contributed by atoms with van der Waals surface area (Å²) in [6.07, 6.45) is -3.64. The van der Waals surface area contributed by atoms with Crippen molar-refractivity contribution < 1.29 is 119 Å². The first-order valence-corrected chi connectivity index (χ1v) is 49.2. The molecule has 0 saturated heterocycles. The van der Waals surface area contributed by atoms with Crippen LogP contribution < -0.4 is 35.5 Å². The zero-order valence-corrected chi connectivity index (χ0v) is 86.7. The van der Waals surface area contributed by atoms with E-state index in [1.807, 2.05) is 65.8 Å². The molecule has 0 fully saturated rings. The molecule has 34 heteroatoms. The number of hydrogen-bond acceptors (Lipinski definition) is 20. The van der Waals surface area contributed by atoms with Crippen molar-refractivity contribution in [3.05, 3.63) is 300 Å². The van der Waals surface area contributed by atoms with Crippen LogP contribution in [0.2, 0.25) is 0 Å². The Balaban J connectivity index is 0.000000298. The average Bonchev–Trinajstić information content (AvgIpc) is 0.814. The summed E-state index contributed by atoms with van der Waals surface area (Å²) in [5.41, 5.74) is 2.65. The monoisotopic (exact) mass is 2030 g/mol. The van der Waals surface area contributed by atoms with Gasteiger partial charge in [0.25, 0.3) is 35.4 Å². The predicted octanol–water partition coefficient (Wildman–Crippen LogP) is 17.8. The van der Waals surface area contributed by atoms with Crippen molar-refractivity contribution in [2.45, 2.75) is 241 Å². The molecule has 2 unspecified atom stereocenters. The lowest BCUT2D eigenvalue weighted by Crippen LogP contribution is -2.51. The zero-order valence-electron chi connectivity index (χ0n) is 86.7. The quantitative estimate of drug-likeness (QED) is 0.0126. The lowest BCUT2D eigenvalue weighted by molar-refractivity contribution is 0.00768. The van der Waals surface area contributed by atoms with E-state index in [0.717, 1.165) is 73.7 Å². The van der Waals surface area contributed by atoms with Gasteiger partial charge in [0, 0.05) is 123 Å². The van der Waals surface area contributed by atoms with Gasteiger partial charge in [-0.1, -0.05) is 77.9 Å². The number of Topliss-reactive ketones (excluding diaryl/α,β-unsaturated/α-hetero) is 1. The van der Waals surface area contributed by atoms with Crippen molar-refractivity contribution in [3.8, 4) is 17.2 Å². The van der Waals surface area contributed by atoms with Crippen LogP contribution in [0.3, 0.4) is 0 Å². The summed E-state index contributed by atoms with van der Waals surface area (Å²) in [4.78, 5) is 129. The summed E-state index contributed by atoms with van der Waals surface area (Å²) in [5, 5.41) is 66.8. The summed E-state index contributed by atoms with van der Waals surface area (Å²) in [6.45, 7) is 29.2. The second kappa shape index (κ2) is 58.2. The third-order valence-electron chi connectivity index (χ3n) is 23.0. The summed E-state index contributed by atoms with van der Waals surface area (Å²) >= 11 is 0. The third kappa shape index (κ3) is 39.3. The summed E-state index contributed by atoms with van der Waals surface area (Å²) in [7, 11) is 4.59. The Bertz CT molecular complexity index is 5760. The maximum Gasteiger partial charge on any atom is 0.410 e. The highest BCUT2D eigenvalue weighted by Gasteiger charge is 2.35. The molecule has 9 aromatic carbocycles. The van der Waals surface area contributed by atoms with Crippen LogP contribution in [0.1, 0.15) is 272 Å². The smallest absolute Gasteiger partial charge is 0.410 e. The number of ketones is 1. The normalized spacial score (nSPS) is 12.9. The average molecular weight is 2030 g/mol. The molecule has 9 aromatic rings. The number of halogens is 6. The van der Waals surface area contributed by atoms with Gasteiger partial charge in [-0.05, 0) is 292 Å². The van der Waals surface area contributed by atoms with Gasteiger partial charge in [-0.15, -0.1) is 0 Å². The fourth-order valence-electron chi connectivity index (χ4n) is 16.1. The first kappa shape index (κ1) is 120. The minimum absolute atomic E-state index is 0.00339. The van der Waals surface area contributed by atoms with Crippen molar-refractivity contribution in [2.75, 3.05) is 80.2 Å². The van der Waals surface area contributed by atoms with E-state index in [9.17, 15) is 95.0 Å². The van der Waals surface area contributed by atoms with E-state index in [4.69, 9.17) is 23.7 Å². The molecule has 0 aliphatic carbocycles. The SMILES string of the molecule is CCCN(CCC)C(=O)c1cc(C(=O)N[C@@H](Cc2cc(F)cc(F)c2)[C@H](O)CN(Cc2cccc(OC)c2)C(=O)OC(C)(C)C)cc(C(C)O)c1.CCCN(CCC)C(=O)c1cc(C(=O)N[C@@H](Cc2cc(F)cc(F)c2)[C@H](O)CNCc2cccc(OC)c2)cc(C(C)O)c1.CCCN(CCC)C(=O)c1cc(C(C)=O)cc(C(=O)N[C@@H](Cc2cc(F)cc(F)c2)[C@H](O)CN(Cc2cccc(OC)c2)C(=O)OC(C)(C)C)c1. The van der Waals surface area contributed by atoms with Crippen LogP contribution >= 0.6 is 0 Å². The third-order valence-corrected chi connectivity index (χ3v) is 23.0. The number of amides is 8. The van der Waals surface area contributed by atoms with Crippen molar-refractivity contribution in [1.29, 1.82) is 0 Å². The predicted molar refractivity (Wildman–Crippen MR) is 546 cm³/mol. The largest absolute Gasteiger partial charge is 0.497 e. The number of benzene rings is 9. The number of methoxy groups -OCH3 is 3. The Kier molecular flexibility index (Phi) is 47.7. The van der Waals surface area contributed by atoms with Crippen LogP contribution in [-0.2, 0) is 48.4 Å². The summed E-state index contributed by atoms with van der Waals surface area (Å²) in [5.74, 6) is -6.44. The van der Waals surface area contributed by atoms with E-state index >= 15 is 0 Å². The molecular formula is C112H143F6N9O19. The lowest BCUT2D eigenvalue weighted by atomic mass is 9.98. The highest BCUT2D eigenvalue weighted by molar-refractivity contribution is 6.05. The van der Waals surface area contributed by atoms with Crippen molar-refractivity contribution in [1.82, 2.24) is 45.8 Å².